The Labute approximate surface area is 103 Å². The second-order valence-electron chi connectivity index (χ2n) is 5.27. The van der Waals surface area contributed by atoms with Gasteiger partial charge in [0.25, 0.3) is 0 Å². The highest BCUT2D eigenvalue weighted by atomic mass is 32.2. The molecule has 2 rings (SSSR count). The normalized spacial score (nSPS) is 26.9. The van der Waals surface area contributed by atoms with Crippen LogP contribution >= 0.6 is 0 Å². The third-order valence-electron chi connectivity index (χ3n) is 3.70. The molecule has 5 nitrogen and oxygen atoms in total. The fourth-order valence-corrected chi connectivity index (χ4v) is 4.36. The molecule has 0 aromatic carbocycles. The zero-order valence-electron chi connectivity index (χ0n) is 10.4. The van der Waals surface area contributed by atoms with E-state index in [1.165, 1.54) is 0 Å². The first kappa shape index (κ1) is 13.3. The van der Waals surface area contributed by atoms with Crippen LogP contribution in [0.15, 0.2) is 0 Å². The van der Waals surface area contributed by atoms with Crippen molar-refractivity contribution in [3.05, 3.63) is 0 Å². The largest absolute Gasteiger partial charge is 0.381 e. The van der Waals surface area contributed by atoms with Crippen LogP contribution in [0, 0.1) is 0 Å². The summed E-state index contributed by atoms with van der Waals surface area (Å²) in [5.74, 6) is 0. The van der Waals surface area contributed by atoms with Crippen molar-refractivity contribution >= 4 is 10.0 Å². The minimum atomic E-state index is -3.20. The second-order valence-corrected chi connectivity index (χ2v) is 7.23. The van der Waals surface area contributed by atoms with E-state index in [2.05, 4.69) is 10.0 Å². The molecule has 2 N–H and O–H groups in total. The van der Waals surface area contributed by atoms with Crippen LogP contribution < -0.4 is 10.0 Å². The van der Waals surface area contributed by atoms with Gasteiger partial charge in [-0.05, 0) is 45.7 Å². The molecule has 0 aromatic rings. The first-order chi connectivity index (χ1) is 8.02. The minimum Gasteiger partial charge on any atom is -0.381 e. The van der Waals surface area contributed by atoms with Gasteiger partial charge in [0.15, 0.2) is 0 Å². The molecule has 6 heteroatoms. The first-order valence-electron chi connectivity index (χ1n) is 6.33. The molecule has 0 aromatic heterocycles. The van der Waals surface area contributed by atoms with Gasteiger partial charge in [-0.1, -0.05) is 0 Å². The van der Waals surface area contributed by atoms with Gasteiger partial charge >= 0.3 is 0 Å². The number of rotatable bonds is 3. The number of hydrogen-bond donors (Lipinski definition) is 2. The molecule has 0 radical (unpaired) electrons. The SMILES string of the molecule is CC1(NS(=O)(=O)C2CCOCC2)CCNCC1. The average molecular weight is 262 g/mol. The molecule has 0 amide bonds. The Hall–Kier alpha value is -0.170. The van der Waals surface area contributed by atoms with Gasteiger partial charge < -0.3 is 10.1 Å². The van der Waals surface area contributed by atoms with E-state index in [0.29, 0.717) is 26.1 Å². The fourth-order valence-electron chi connectivity index (χ4n) is 2.49. The third-order valence-corrected chi connectivity index (χ3v) is 5.83. The number of hydrogen-bond acceptors (Lipinski definition) is 4. The van der Waals surface area contributed by atoms with E-state index in [0.717, 1.165) is 25.9 Å². The summed E-state index contributed by atoms with van der Waals surface area (Å²) in [5.41, 5.74) is -0.275. The molecule has 0 bridgehead atoms. The van der Waals surface area contributed by atoms with Crippen molar-refractivity contribution in [2.45, 2.75) is 43.4 Å². The van der Waals surface area contributed by atoms with Gasteiger partial charge in [-0.2, -0.15) is 0 Å². The summed E-state index contributed by atoms with van der Waals surface area (Å²) < 4.78 is 32.7. The lowest BCUT2D eigenvalue weighted by molar-refractivity contribution is 0.0978. The Morgan fingerprint density at radius 2 is 1.82 bits per heavy atom. The molecule has 2 saturated heterocycles. The van der Waals surface area contributed by atoms with E-state index >= 15 is 0 Å². The van der Waals surface area contributed by atoms with E-state index in [1.807, 2.05) is 6.92 Å². The summed E-state index contributed by atoms with van der Waals surface area (Å²) in [6.45, 7) is 4.89. The number of piperidine rings is 1. The van der Waals surface area contributed by atoms with Crippen LogP contribution in [-0.4, -0.2) is 45.5 Å². The molecule has 0 atom stereocenters. The molecular weight excluding hydrogens is 240 g/mol. The monoisotopic (exact) mass is 262 g/mol. The van der Waals surface area contributed by atoms with Gasteiger partial charge in [-0.3, -0.25) is 0 Å². The van der Waals surface area contributed by atoms with Crippen molar-refractivity contribution in [1.82, 2.24) is 10.0 Å². The molecule has 2 aliphatic rings. The summed E-state index contributed by atoms with van der Waals surface area (Å²) in [5, 5.41) is 2.98. The molecule has 0 saturated carbocycles. The Morgan fingerprint density at radius 3 is 2.41 bits per heavy atom. The lowest BCUT2D eigenvalue weighted by atomic mass is 9.92. The van der Waals surface area contributed by atoms with Crippen LogP contribution in [0.3, 0.4) is 0 Å². The summed E-state index contributed by atoms with van der Waals surface area (Å²) in [7, 11) is -3.20. The van der Waals surface area contributed by atoms with E-state index in [-0.39, 0.29) is 10.8 Å². The number of ether oxygens (including phenoxy) is 1. The van der Waals surface area contributed by atoms with Crippen LogP contribution in [0.25, 0.3) is 0 Å². The molecule has 0 aliphatic carbocycles. The van der Waals surface area contributed by atoms with Crippen LogP contribution in [0.4, 0.5) is 0 Å². The Kier molecular flexibility index (Phi) is 4.07. The van der Waals surface area contributed by atoms with Crippen molar-refractivity contribution in [3.63, 3.8) is 0 Å². The predicted octanol–water partition coefficient (Wildman–Crippen LogP) is 0.227. The topological polar surface area (TPSA) is 67.4 Å². The van der Waals surface area contributed by atoms with Crippen molar-refractivity contribution in [2.75, 3.05) is 26.3 Å². The maximum absolute atomic E-state index is 12.3. The van der Waals surface area contributed by atoms with Crippen molar-refractivity contribution in [1.29, 1.82) is 0 Å². The van der Waals surface area contributed by atoms with Gasteiger partial charge in [0.1, 0.15) is 0 Å². The zero-order valence-corrected chi connectivity index (χ0v) is 11.2. The van der Waals surface area contributed by atoms with E-state index < -0.39 is 10.0 Å². The van der Waals surface area contributed by atoms with Crippen LogP contribution in [0.1, 0.15) is 32.6 Å². The van der Waals surface area contributed by atoms with Crippen molar-refractivity contribution < 1.29 is 13.2 Å². The minimum absolute atomic E-state index is 0.275. The van der Waals surface area contributed by atoms with Crippen molar-refractivity contribution in [3.8, 4) is 0 Å². The third kappa shape index (κ3) is 3.40. The Bertz CT molecular complexity index is 344. The summed E-state index contributed by atoms with van der Waals surface area (Å²) >= 11 is 0. The zero-order chi connectivity index (χ0) is 12.4. The summed E-state index contributed by atoms with van der Waals surface area (Å²) in [4.78, 5) is 0. The lowest BCUT2D eigenvalue weighted by Gasteiger charge is -2.36. The van der Waals surface area contributed by atoms with Gasteiger partial charge in [0.05, 0.1) is 5.25 Å². The first-order valence-corrected chi connectivity index (χ1v) is 7.88. The maximum atomic E-state index is 12.3. The van der Waals surface area contributed by atoms with Gasteiger partial charge in [0.2, 0.25) is 10.0 Å². The van der Waals surface area contributed by atoms with E-state index in [1.54, 1.807) is 0 Å². The Balaban J connectivity index is 2.00. The second kappa shape index (κ2) is 5.22. The number of nitrogens with one attached hydrogen (secondary N) is 2. The summed E-state index contributed by atoms with van der Waals surface area (Å²) in [6.07, 6.45) is 2.94. The predicted molar refractivity (Wildman–Crippen MR) is 66.4 cm³/mol. The highest BCUT2D eigenvalue weighted by Crippen LogP contribution is 2.22. The molecule has 100 valence electrons. The Morgan fingerprint density at radius 1 is 1.24 bits per heavy atom. The molecule has 2 aliphatic heterocycles. The standard InChI is InChI=1S/C11H22N2O3S/c1-11(4-6-12-7-5-11)13-17(14,15)10-2-8-16-9-3-10/h10,12-13H,2-9H2,1H3. The fraction of sp³-hybridized carbons (Fsp3) is 1.00. The molecular formula is C11H22N2O3S. The van der Waals surface area contributed by atoms with E-state index in [4.69, 9.17) is 4.74 Å². The number of sulfonamides is 1. The van der Waals surface area contributed by atoms with Crippen LogP contribution in [0.5, 0.6) is 0 Å². The highest BCUT2D eigenvalue weighted by Gasteiger charge is 2.35. The lowest BCUT2D eigenvalue weighted by Crippen LogP contribution is -2.54. The smallest absolute Gasteiger partial charge is 0.215 e. The molecule has 17 heavy (non-hydrogen) atoms. The molecule has 2 heterocycles. The molecule has 2 fully saturated rings. The van der Waals surface area contributed by atoms with Gasteiger partial charge in [0, 0.05) is 18.8 Å². The maximum Gasteiger partial charge on any atom is 0.215 e. The average Bonchev–Trinajstić information content (AvgIpc) is 2.30. The van der Waals surface area contributed by atoms with Crippen LogP contribution in [0.2, 0.25) is 0 Å². The van der Waals surface area contributed by atoms with E-state index in [9.17, 15) is 8.42 Å². The van der Waals surface area contributed by atoms with Gasteiger partial charge in [-0.25, -0.2) is 13.1 Å². The van der Waals surface area contributed by atoms with Gasteiger partial charge in [-0.15, -0.1) is 0 Å². The highest BCUT2D eigenvalue weighted by molar-refractivity contribution is 7.90. The molecule has 0 unspecified atom stereocenters. The van der Waals surface area contributed by atoms with Crippen LogP contribution in [-0.2, 0) is 14.8 Å². The van der Waals surface area contributed by atoms with Crippen molar-refractivity contribution in [2.24, 2.45) is 0 Å². The molecule has 0 spiro atoms. The summed E-state index contributed by atoms with van der Waals surface area (Å²) in [6, 6.07) is 0. The quantitative estimate of drug-likeness (QED) is 0.764.